The zero-order valence-corrected chi connectivity index (χ0v) is 25.9. The highest BCUT2D eigenvalue weighted by molar-refractivity contribution is 7.26. The van der Waals surface area contributed by atoms with Crippen LogP contribution in [0, 0.1) is 13.8 Å². The topological polar surface area (TPSA) is 30.7 Å². The van der Waals surface area contributed by atoms with Crippen molar-refractivity contribution < 1.29 is 0 Å². The Morgan fingerprint density at radius 1 is 0.762 bits per heavy atom. The molecule has 0 bridgehead atoms. The minimum absolute atomic E-state index is 0.313. The Labute approximate surface area is 251 Å². The molecule has 0 saturated carbocycles. The van der Waals surface area contributed by atoms with Crippen LogP contribution < -0.4 is 0 Å². The zero-order valence-electron chi connectivity index (χ0n) is 25.1. The number of benzene rings is 4. The van der Waals surface area contributed by atoms with E-state index in [2.05, 4.69) is 124 Å². The third-order valence-electron chi connectivity index (χ3n) is 8.43. The van der Waals surface area contributed by atoms with Crippen molar-refractivity contribution in [2.24, 2.45) is 0 Å². The molecule has 42 heavy (non-hydrogen) atoms. The fraction of sp³-hybridized carbons (Fsp3) is 0.211. The highest BCUT2D eigenvalue weighted by atomic mass is 32.1. The molecular formula is C38H35N3S. The minimum atomic E-state index is 0.313. The van der Waals surface area contributed by atoms with Gasteiger partial charge in [0.05, 0.1) is 22.9 Å². The van der Waals surface area contributed by atoms with Crippen LogP contribution in [0.1, 0.15) is 61.8 Å². The fourth-order valence-electron chi connectivity index (χ4n) is 6.28. The molecule has 4 heteroatoms. The number of thiophene rings is 1. The maximum Gasteiger partial charge on any atom is 0.147 e. The van der Waals surface area contributed by atoms with Gasteiger partial charge in [-0.15, -0.1) is 11.3 Å². The average molecular weight is 566 g/mol. The lowest BCUT2D eigenvalue weighted by molar-refractivity contribution is 0.811. The Morgan fingerprint density at radius 2 is 1.50 bits per heavy atom. The molecule has 4 aromatic carbocycles. The monoisotopic (exact) mass is 565 g/mol. The van der Waals surface area contributed by atoms with Crippen molar-refractivity contribution in [3.8, 4) is 28.2 Å². The minimum Gasteiger partial charge on any atom is -0.290 e. The molecule has 3 heterocycles. The quantitative estimate of drug-likeness (QED) is 0.208. The van der Waals surface area contributed by atoms with Crippen molar-refractivity contribution in [3.63, 3.8) is 0 Å². The van der Waals surface area contributed by atoms with Crippen molar-refractivity contribution in [1.82, 2.24) is 14.5 Å². The van der Waals surface area contributed by atoms with E-state index in [1.807, 2.05) is 29.8 Å². The Kier molecular flexibility index (Phi) is 6.47. The Morgan fingerprint density at radius 3 is 2.21 bits per heavy atom. The van der Waals surface area contributed by atoms with Crippen molar-refractivity contribution in [2.75, 3.05) is 0 Å². The van der Waals surface area contributed by atoms with Crippen molar-refractivity contribution in [2.45, 2.75) is 53.4 Å². The Bertz CT molecular complexity index is 2080. The summed E-state index contributed by atoms with van der Waals surface area (Å²) in [5.41, 5.74) is 12.1. The van der Waals surface area contributed by atoms with Crippen LogP contribution in [0.15, 0.2) is 91.3 Å². The van der Waals surface area contributed by atoms with Crippen molar-refractivity contribution in [3.05, 3.63) is 114 Å². The molecule has 0 aliphatic carbocycles. The summed E-state index contributed by atoms with van der Waals surface area (Å²) in [4.78, 5) is 9.92. The van der Waals surface area contributed by atoms with E-state index < -0.39 is 0 Å². The molecule has 0 fully saturated rings. The highest BCUT2D eigenvalue weighted by Gasteiger charge is 2.25. The van der Waals surface area contributed by atoms with Gasteiger partial charge in [-0.05, 0) is 89.4 Å². The zero-order chi connectivity index (χ0) is 29.1. The van der Waals surface area contributed by atoms with Gasteiger partial charge in [-0.2, -0.15) is 0 Å². The summed E-state index contributed by atoms with van der Waals surface area (Å²) in [6, 6.07) is 28.9. The number of nitrogens with zero attached hydrogens (tertiary/aromatic N) is 3. The number of fused-ring (bicyclic) bond motifs is 4. The van der Waals surface area contributed by atoms with E-state index in [0.717, 1.165) is 16.9 Å². The largest absolute Gasteiger partial charge is 0.290 e. The first kappa shape index (κ1) is 26.6. The van der Waals surface area contributed by atoms with Crippen LogP contribution in [0.2, 0.25) is 0 Å². The molecule has 7 rings (SSSR count). The summed E-state index contributed by atoms with van der Waals surface area (Å²) in [7, 11) is 0. The van der Waals surface area contributed by atoms with E-state index in [0.29, 0.717) is 11.8 Å². The van der Waals surface area contributed by atoms with Crippen LogP contribution in [0.25, 0.3) is 59.4 Å². The molecule has 0 saturated heterocycles. The normalized spacial score (nSPS) is 12.0. The SMILES string of the molecule is Cc1ccc2c(c1)sc1c(-c3nc4ccncc4n3-c3c(C(C)C)cc(-c4ccccc4)cc3C(C)C)ccc(C)c12. The predicted molar refractivity (Wildman–Crippen MR) is 180 cm³/mol. The molecule has 0 aliphatic rings. The smallest absolute Gasteiger partial charge is 0.147 e. The van der Waals surface area contributed by atoms with Gasteiger partial charge in [-0.25, -0.2) is 4.98 Å². The van der Waals surface area contributed by atoms with Crippen molar-refractivity contribution in [1.29, 1.82) is 0 Å². The lowest BCUT2D eigenvalue weighted by Gasteiger charge is -2.24. The van der Waals surface area contributed by atoms with Crippen LogP contribution in [0.5, 0.6) is 0 Å². The van der Waals surface area contributed by atoms with Crippen LogP contribution in [-0.4, -0.2) is 14.5 Å². The molecule has 0 aliphatic heterocycles. The van der Waals surface area contributed by atoms with Crippen LogP contribution >= 0.6 is 11.3 Å². The van der Waals surface area contributed by atoms with Gasteiger partial charge < -0.3 is 0 Å². The summed E-state index contributed by atoms with van der Waals surface area (Å²) >= 11 is 1.88. The summed E-state index contributed by atoms with van der Waals surface area (Å²) in [5.74, 6) is 1.60. The molecule has 3 aromatic heterocycles. The second-order valence-corrected chi connectivity index (χ2v) is 13.1. The average Bonchev–Trinajstić information content (AvgIpc) is 3.56. The van der Waals surface area contributed by atoms with E-state index >= 15 is 0 Å². The molecular weight excluding hydrogens is 531 g/mol. The number of pyridine rings is 1. The van der Waals surface area contributed by atoms with Gasteiger partial charge >= 0.3 is 0 Å². The van der Waals surface area contributed by atoms with E-state index in [1.54, 1.807) is 0 Å². The second kappa shape index (κ2) is 10.2. The lowest BCUT2D eigenvalue weighted by atomic mass is 9.88. The molecule has 7 aromatic rings. The molecule has 0 unspecified atom stereocenters. The molecule has 0 amide bonds. The number of hydrogen-bond donors (Lipinski definition) is 0. The van der Waals surface area contributed by atoms with Gasteiger partial charge in [0.25, 0.3) is 0 Å². The first-order chi connectivity index (χ1) is 20.3. The number of imidazole rings is 1. The third kappa shape index (κ3) is 4.24. The van der Waals surface area contributed by atoms with Crippen molar-refractivity contribution >= 4 is 42.5 Å². The molecule has 208 valence electrons. The molecule has 0 spiro atoms. The maximum absolute atomic E-state index is 5.34. The summed E-state index contributed by atoms with van der Waals surface area (Å²) in [5, 5.41) is 2.65. The van der Waals surface area contributed by atoms with Gasteiger partial charge in [0.15, 0.2) is 0 Å². The lowest BCUT2D eigenvalue weighted by Crippen LogP contribution is -2.09. The van der Waals surface area contributed by atoms with E-state index in [4.69, 9.17) is 4.98 Å². The van der Waals surface area contributed by atoms with E-state index in [1.165, 1.54) is 64.8 Å². The summed E-state index contributed by atoms with van der Waals surface area (Å²) in [6.07, 6.45) is 3.83. The Balaban J connectivity index is 1.60. The standard InChI is InChI=1S/C38H35N3S/c1-22(2)30-19-27(26-10-8-7-9-11-26)20-31(23(3)4)36(30)41-33-21-39-17-16-32(33)40-38(41)29-15-13-25(6)35-28-14-12-24(5)18-34(28)42-37(29)35/h7-23H,1-6H3. The van der Waals surface area contributed by atoms with Gasteiger partial charge in [-0.1, -0.05) is 76.2 Å². The van der Waals surface area contributed by atoms with Gasteiger partial charge in [-0.3, -0.25) is 9.55 Å². The van der Waals surface area contributed by atoms with Gasteiger partial charge in [0, 0.05) is 31.9 Å². The molecule has 0 radical (unpaired) electrons. The Hall–Kier alpha value is -4.28. The maximum atomic E-state index is 5.34. The fourth-order valence-corrected chi connectivity index (χ4v) is 7.66. The van der Waals surface area contributed by atoms with Crippen LogP contribution in [0.4, 0.5) is 0 Å². The number of aromatic nitrogens is 3. The molecule has 0 atom stereocenters. The van der Waals surface area contributed by atoms with Gasteiger partial charge in [0.1, 0.15) is 5.82 Å². The van der Waals surface area contributed by atoms with Crippen LogP contribution in [0.3, 0.4) is 0 Å². The molecule has 0 N–H and O–H groups in total. The highest BCUT2D eigenvalue weighted by Crippen LogP contribution is 2.45. The first-order valence-corrected chi connectivity index (χ1v) is 15.6. The number of aryl methyl sites for hydroxylation is 2. The van der Waals surface area contributed by atoms with Gasteiger partial charge in [0.2, 0.25) is 0 Å². The number of hydrogen-bond acceptors (Lipinski definition) is 3. The number of rotatable bonds is 5. The van der Waals surface area contributed by atoms with Crippen LogP contribution in [-0.2, 0) is 0 Å². The predicted octanol–water partition coefficient (Wildman–Crippen LogP) is 11.0. The third-order valence-corrected chi connectivity index (χ3v) is 9.61. The summed E-state index contributed by atoms with van der Waals surface area (Å²) in [6.45, 7) is 13.6. The molecule has 3 nitrogen and oxygen atoms in total. The first-order valence-electron chi connectivity index (χ1n) is 14.8. The summed E-state index contributed by atoms with van der Waals surface area (Å²) < 4.78 is 5.02. The second-order valence-electron chi connectivity index (χ2n) is 12.0. The van der Waals surface area contributed by atoms with E-state index in [9.17, 15) is 0 Å². The van der Waals surface area contributed by atoms with E-state index in [-0.39, 0.29) is 0 Å².